The summed E-state index contributed by atoms with van der Waals surface area (Å²) in [5.74, 6) is 1.14. The molecule has 1 N–H and O–H groups in total. The summed E-state index contributed by atoms with van der Waals surface area (Å²) in [4.78, 5) is 4.35. The van der Waals surface area contributed by atoms with Crippen molar-refractivity contribution in [2.24, 2.45) is 11.8 Å². The summed E-state index contributed by atoms with van der Waals surface area (Å²) in [5.41, 5.74) is 2.18. The van der Waals surface area contributed by atoms with Crippen molar-refractivity contribution in [2.45, 2.75) is 45.6 Å². The zero-order valence-electron chi connectivity index (χ0n) is 10.2. The fourth-order valence-corrected chi connectivity index (χ4v) is 2.73. The zero-order chi connectivity index (χ0) is 11.5. The van der Waals surface area contributed by atoms with Gasteiger partial charge in [0.1, 0.15) is 0 Å². The van der Waals surface area contributed by atoms with Gasteiger partial charge in [-0.3, -0.25) is 4.98 Å². The molecule has 1 fully saturated rings. The van der Waals surface area contributed by atoms with Gasteiger partial charge in [-0.15, -0.1) is 0 Å². The lowest BCUT2D eigenvalue weighted by Gasteiger charge is -2.21. The van der Waals surface area contributed by atoms with Gasteiger partial charge in [-0.2, -0.15) is 0 Å². The van der Waals surface area contributed by atoms with Crippen LogP contribution in [-0.2, 0) is 6.42 Å². The van der Waals surface area contributed by atoms with Crippen molar-refractivity contribution in [3.63, 3.8) is 0 Å². The molecular formula is C14H21NO. The molecule has 1 heterocycles. The Bertz CT molecular complexity index is 333. The topological polar surface area (TPSA) is 33.1 Å². The third kappa shape index (κ3) is 2.62. The number of aliphatic hydroxyl groups excluding tert-OH is 1. The summed E-state index contributed by atoms with van der Waals surface area (Å²) in [6, 6.07) is 4.09. The first-order valence-electron chi connectivity index (χ1n) is 6.26. The Morgan fingerprint density at radius 3 is 2.81 bits per heavy atom. The van der Waals surface area contributed by atoms with Crippen LogP contribution >= 0.6 is 0 Å². The first kappa shape index (κ1) is 11.6. The van der Waals surface area contributed by atoms with E-state index in [1.54, 1.807) is 0 Å². The number of hydrogen-bond acceptors (Lipinski definition) is 2. The van der Waals surface area contributed by atoms with Crippen LogP contribution in [0.2, 0.25) is 0 Å². The highest BCUT2D eigenvalue weighted by Gasteiger charge is 2.29. The van der Waals surface area contributed by atoms with Gasteiger partial charge in [0.05, 0.1) is 6.10 Å². The van der Waals surface area contributed by atoms with E-state index in [0.29, 0.717) is 18.3 Å². The number of aromatic nitrogens is 1. The molecule has 1 aromatic heterocycles. The van der Waals surface area contributed by atoms with Crippen molar-refractivity contribution >= 4 is 0 Å². The number of aliphatic hydroxyl groups is 1. The van der Waals surface area contributed by atoms with Gasteiger partial charge < -0.3 is 5.11 Å². The molecule has 3 unspecified atom stereocenters. The molecule has 2 rings (SSSR count). The van der Waals surface area contributed by atoms with E-state index in [1.807, 2.05) is 19.2 Å². The zero-order valence-corrected chi connectivity index (χ0v) is 10.2. The maximum atomic E-state index is 10.2. The van der Waals surface area contributed by atoms with E-state index < -0.39 is 0 Å². The second-order valence-corrected chi connectivity index (χ2v) is 5.17. The molecule has 0 bridgehead atoms. The molecule has 0 spiro atoms. The average Bonchev–Trinajstić information content (AvgIpc) is 2.68. The van der Waals surface area contributed by atoms with Crippen LogP contribution in [-0.4, -0.2) is 16.2 Å². The van der Waals surface area contributed by atoms with Crippen molar-refractivity contribution in [3.05, 3.63) is 29.6 Å². The Hall–Kier alpha value is -0.890. The molecule has 2 heteroatoms. The Kier molecular flexibility index (Phi) is 3.59. The molecule has 16 heavy (non-hydrogen) atoms. The quantitative estimate of drug-likeness (QED) is 0.848. The smallest absolute Gasteiger partial charge is 0.0626 e. The molecule has 0 amide bonds. The summed E-state index contributed by atoms with van der Waals surface area (Å²) in [6.07, 6.45) is 6.07. The molecule has 2 nitrogen and oxygen atoms in total. The lowest BCUT2D eigenvalue weighted by Crippen LogP contribution is -2.25. The minimum absolute atomic E-state index is 0.215. The van der Waals surface area contributed by atoms with E-state index in [-0.39, 0.29) is 6.10 Å². The molecule has 1 aromatic rings. The number of nitrogens with zero attached hydrogens (tertiary/aromatic N) is 1. The molecule has 88 valence electrons. The Labute approximate surface area is 97.7 Å². The number of rotatable bonds is 3. The third-order valence-corrected chi connectivity index (χ3v) is 3.81. The van der Waals surface area contributed by atoms with Gasteiger partial charge in [0, 0.05) is 18.3 Å². The summed E-state index contributed by atoms with van der Waals surface area (Å²) >= 11 is 0. The van der Waals surface area contributed by atoms with Gasteiger partial charge in [-0.25, -0.2) is 0 Å². The molecule has 3 atom stereocenters. The van der Waals surface area contributed by atoms with Crippen molar-refractivity contribution in [3.8, 4) is 0 Å². The van der Waals surface area contributed by atoms with E-state index in [2.05, 4.69) is 18.0 Å². The van der Waals surface area contributed by atoms with Gasteiger partial charge >= 0.3 is 0 Å². The molecule has 0 saturated heterocycles. The molecule has 0 radical (unpaired) electrons. The van der Waals surface area contributed by atoms with Gasteiger partial charge in [0.2, 0.25) is 0 Å². The van der Waals surface area contributed by atoms with E-state index in [9.17, 15) is 5.11 Å². The lowest BCUT2D eigenvalue weighted by atomic mass is 9.89. The van der Waals surface area contributed by atoms with Gasteiger partial charge in [0.25, 0.3) is 0 Å². The van der Waals surface area contributed by atoms with Crippen molar-refractivity contribution in [2.75, 3.05) is 0 Å². The van der Waals surface area contributed by atoms with Crippen LogP contribution in [0.15, 0.2) is 18.3 Å². The maximum absolute atomic E-state index is 10.2. The summed E-state index contributed by atoms with van der Waals surface area (Å²) in [6.45, 7) is 4.29. The van der Waals surface area contributed by atoms with Crippen molar-refractivity contribution < 1.29 is 5.11 Å². The summed E-state index contributed by atoms with van der Waals surface area (Å²) < 4.78 is 0. The van der Waals surface area contributed by atoms with Gasteiger partial charge in [0.15, 0.2) is 0 Å². The Balaban J connectivity index is 1.96. The van der Waals surface area contributed by atoms with E-state index in [0.717, 1.165) is 5.69 Å². The fourth-order valence-electron chi connectivity index (χ4n) is 2.73. The summed E-state index contributed by atoms with van der Waals surface area (Å²) in [7, 11) is 0. The van der Waals surface area contributed by atoms with Crippen LogP contribution in [0.5, 0.6) is 0 Å². The van der Waals surface area contributed by atoms with Crippen LogP contribution in [0.3, 0.4) is 0 Å². The molecule has 0 aliphatic heterocycles. The largest absolute Gasteiger partial charge is 0.392 e. The molecule has 1 aliphatic carbocycles. The highest BCUT2D eigenvalue weighted by molar-refractivity contribution is 5.13. The van der Waals surface area contributed by atoms with Crippen LogP contribution in [0.25, 0.3) is 0 Å². The van der Waals surface area contributed by atoms with Crippen molar-refractivity contribution in [1.29, 1.82) is 0 Å². The Morgan fingerprint density at radius 2 is 2.25 bits per heavy atom. The van der Waals surface area contributed by atoms with Gasteiger partial charge in [-0.05, 0) is 36.8 Å². The molecule has 1 saturated carbocycles. The SMILES string of the molecule is Cc1ccc(CC(O)C2CCCC2C)nc1. The number of pyridine rings is 1. The fraction of sp³-hybridized carbons (Fsp3) is 0.643. The van der Waals surface area contributed by atoms with Crippen LogP contribution < -0.4 is 0 Å². The van der Waals surface area contributed by atoms with Crippen LogP contribution in [0.4, 0.5) is 0 Å². The highest BCUT2D eigenvalue weighted by atomic mass is 16.3. The first-order valence-corrected chi connectivity index (χ1v) is 6.26. The number of hydrogen-bond donors (Lipinski definition) is 1. The predicted molar refractivity (Wildman–Crippen MR) is 65.2 cm³/mol. The highest BCUT2D eigenvalue weighted by Crippen LogP contribution is 2.34. The molecular weight excluding hydrogens is 198 g/mol. The molecule has 0 aromatic carbocycles. The minimum Gasteiger partial charge on any atom is -0.392 e. The second-order valence-electron chi connectivity index (χ2n) is 5.17. The van der Waals surface area contributed by atoms with Gasteiger partial charge in [-0.1, -0.05) is 25.8 Å². The molecule has 1 aliphatic rings. The standard InChI is InChI=1S/C14H21NO/c1-10-6-7-12(15-9-10)8-14(16)13-5-3-4-11(13)2/h6-7,9,11,13-14,16H,3-5,8H2,1-2H3. The van der Waals surface area contributed by atoms with Crippen LogP contribution in [0, 0.1) is 18.8 Å². The lowest BCUT2D eigenvalue weighted by molar-refractivity contribution is 0.0893. The van der Waals surface area contributed by atoms with Crippen LogP contribution in [0.1, 0.15) is 37.4 Å². The monoisotopic (exact) mass is 219 g/mol. The van der Waals surface area contributed by atoms with E-state index >= 15 is 0 Å². The maximum Gasteiger partial charge on any atom is 0.0626 e. The minimum atomic E-state index is -0.215. The van der Waals surface area contributed by atoms with Crippen molar-refractivity contribution in [1.82, 2.24) is 4.98 Å². The first-order chi connectivity index (χ1) is 7.66. The second kappa shape index (κ2) is 4.96. The third-order valence-electron chi connectivity index (χ3n) is 3.81. The van der Waals surface area contributed by atoms with E-state index in [4.69, 9.17) is 0 Å². The Morgan fingerprint density at radius 1 is 1.44 bits per heavy atom. The normalized spacial score (nSPS) is 26.9. The van der Waals surface area contributed by atoms with E-state index in [1.165, 1.54) is 24.8 Å². The number of aryl methyl sites for hydroxylation is 1. The average molecular weight is 219 g/mol. The summed E-state index contributed by atoms with van der Waals surface area (Å²) in [5, 5.41) is 10.2. The predicted octanol–water partition coefficient (Wildman–Crippen LogP) is 2.73.